The summed E-state index contributed by atoms with van der Waals surface area (Å²) in [4.78, 5) is 11.2. The van der Waals surface area contributed by atoms with Gasteiger partial charge in [0.05, 0.1) is 0 Å². The van der Waals surface area contributed by atoms with Crippen LogP contribution >= 0.6 is 0 Å². The lowest BCUT2D eigenvalue weighted by Crippen LogP contribution is -2.30. The zero-order valence-corrected chi connectivity index (χ0v) is 8.97. The van der Waals surface area contributed by atoms with Gasteiger partial charge in [0.1, 0.15) is 0 Å². The van der Waals surface area contributed by atoms with E-state index in [9.17, 15) is 4.79 Å². The van der Waals surface area contributed by atoms with Gasteiger partial charge in [-0.05, 0) is 18.8 Å². The van der Waals surface area contributed by atoms with Crippen LogP contribution < -0.4 is 11.1 Å². The van der Waals surface area contributed by atoms with Gasteiger partial charge in [0.2, 0.25) is 5.91 Å². The SMILES string of the molecule is CCC(N)CCNC(=O)CC(C)C. The van der Waals surface area contributed by atoms with Gasteiger partial charge < -0.3 is 11.1 Å². The number of carbonyl (C=O) groups is 1. The fraction of sp³-hybridized carbons (Fsp3) is 0.900. The minimum atomic E-state index is 0.137. The second-order valence-corrected chi connectivity index (χ2v) is 3.90. The Bertz CT molecular complexity index is 146. The van der Waals surface area contributed by atoms with Crippen molar-refractivity contribution >= 4 is 5.91 Å². The van der Waals surface area contributed by atoms with Gasteiger partial charge in [-0.15, -0.1) is 0 Å². The highest BCUT2D eigenvalue weighted by Crippen LogP contribution is 1.98. The first-order chi connectivity index (χ1) is 6.06. The van der Waals surface area contributed by atoms with Gasteiger partial charge in [0.15, 0.2) is 0 Å². The molecule has 0 saturated carbocycles. The minimum Gasteiger partial charge on any atom is -0.356 e. The molecule has 0 aromatic rings. The van der Waals surface area contributed by atoms with Crippen LogP contribution in [0.4, 0.5) is 0 Å². The first-order valence-corrected chi connectivity index (χ1v) is 5.08. The van der Waals surface area contributed by atoms with Crippen LogP contribution in [-0.4, -0.2) is 18.5 Å². The van der Waals surface area contributed by atoms with Crippen LogP contribution in [0.25, 0.3) is 0 Å². The Kier molecular flexibility index (Phi) is 6.59. The molecule has 13 heavy (non-hydrogen) atoms. The lowest BCUT2D eigenvalue weighted by Gasteiger charge is -2.10. The number of nitrogens with two attached hydrogens (primary N) is 1. The Morgan fingerprint density at radius 1 is 1.46 bits per heavy atom. The van der Waals surface area contributed by atoms with E-state index in [2.05, 4.69) is 12.2 Å². The molecule has 3 nitrogen and oxygen atoms in total. The summed E-state index contributed by atoms with van der Waals surface area (Å²) in [6, 6.07) is 0.222. The number of nitrogens with one attached hydrogen (secondary N) is 1. The van der Waals surface area contributed by atoms with Crippen LogP contribution in [0.1, 0.15) is 40.0 Å². The van der Waals surface area contributed by atoms with Crippen LogP contribution in [0.2, 0.25) is 0 Å². The summed E-state index contributed by atoms with van der Waals surface area (Å²) in [7, 11) is 0. The zero-order chi connectivity index (χ0) is 10.3. The molecule has 0 aliphatic rings. The third-order valence-electron chi connectivity index (χ3n) is 1.96. The number of hydrogen-bond donors (Lipinski definition) is 2. The Hall–Kier alpha value is -0.570. The van der Waals surface area contributed by atoms with E-state index >= 15 is 0 Å². The summed E-state index contributed by atoms with van der Waals surface area (Å²) in [6.07, 6.45) is 2.46. The molecule has 1 amide bonds. The summed E-state index contributed by atoms with van der Waals surface area (Å²) in [6.45, 7) is 6.84. The second kappa shape index (κ2) is 6.89. The van der Waals surface area contributed by atoms with Crippen molar-refractivity contribution in [1.29, 1.82) is 0 Å². The molecule has 0 aromatic heterocycles. The first kappa shape index (κ1) is 12.4. The zero-order valence-electron chi connectivity index (χ0n) is 8.97. The lowest BCUT2D eigenvalue weighted by molar-refractivity contribution is -0.121. The molecule has 0 radical (unpaired) electrons. The van der Waals surface area contributed by atoms with E-state index in [1.165, 1.54) is 0 Å². The van der Waals surface area contributed by atoms with E-state index < -0.39 is 0 Å². The van der Waals surface area contributed by atoms with Gasteiger partial charge in [0.25, 0.3) is 0 Å². The highest BCUT2D eigenvalue weighted by atomic mass is 16.1. The van der Waals surface area contributed by atoms with E-state index in [0.717, 1.165) is 12.8 Å². The van der Waals surface area contributed by atoms with Gasteiger partial charge in [-0.3, -0.25) is 4.79 Å². The summed E-state index contributed by atoms with van der Waals surface area (Å²) >= 11 is 0. The Morgan fingerprint density at radius 3 is 2.54 bits per heavy atom. The van der Waals surface area contributed by atoms with Crippen molar-refractivity contribution in [1.82, 2.24) is 5.32 Å². The largest absolute Gasteiger partial charge is 0.356 e. The van der Waals surface area contributed by atoms with Crippen LogP contribution in [0.5, 0.6) is 0 Å². The molecule has 3 N–H and O–H groups in total. The standard InChI is InChI=1S/C10H22N2O/c1-4-9(11)5-6-12-10(13)7-8(2)3/h8-9H,4-7,11H2,1-3H3,(H,12,13). The number of hydrogen-bond acceptors (Lipinski definition) is 2. The predicted molar refractivity (Wildman–Crippen MR) is 55.3 cm³/mol. The van der Waals surface area contributed by atoms with Crippen LogP contribution in [0, 0.1) is 5.92 Å². The van der Waals surface area contributed by atoms with E-state index in [4.69, 9.17) is 5.73 Å². The van der Waals surface area contributed by atoms with Crippen molar-refractivity contribution in [2.75, 3.05) is 6.54 Å². The number of carbonyl (C=O) groups excluding carboxylic acids is 1. The maximum atomic E-state index is 11.2. The third-order valence-corrected chi connectivity index (χ3v) is 1.96. The monoisotopic (exact) mass is 186 g/mol. The highest BCUT2D eigenvalue weighted by Gasteiger charge is 2.04. The van der Waals surface area contributed by atoms with Crippen molar-refractivity contribution in [3.8, 4) is 0 Å². The average Bonchev–Trinajstić information content (AvgIpc) is 2.02. The molecule has 0 rings (SSSR count). The molecular formula is C10H22N2O. The maximum absolute atomic E-state index is 11.2. The molecule has 0 fully saturated rings. The van der Waals surface area contributed by atoms with Crippen molar-refractivity contribution < 1.29 is 4.79 Å². The molecule has 3 heteroatoms. The molecule has 1 unspecified atom stereocenters. The van der Waals surface area contributed by atoms with Crippen molar-refractivity contribution in [2.45, 2.75) is 46.1 Å². The molecular weight excluding hydrogens is 164 g/mol. The molecule has 78 valence electrons. The van der Waals surface area contributed by atoms with E-state index in [1.54, 1.807) is 0 Å². The highest BCUT2D eigenvalue weighted by molar-refractivity contribution is 5.75. The maximum Gasteiger partial charge on any atom is 0.220 e. The molecule has 0 bridgehead atoms. The molecule has 0 aliphatic heterocycles. The summed E-state index contributed by atoms with van der Waals surface area (Å²) < 4.78 is 0. The van der Waals surface area contributed by atoms with Gasteiger partial charge in [-0.25, -0.2) is 0 Å². The van der Waals surface area contributed by atoms with E-state index in [1.807, 2.05) is 13.8 Å². The molecule has 1 atom stereocenters. The molecule has 0 aromatic carbocycles. The van der Waals surface area contributed by atoms with Crippen LogP contribution in [-0.2, 0) is 4.79 Å². The quantitative estimate of drug-likeness (QED) is 0.656. The lowest BCUT2D eigenvalue weighted by atomic mass is 10.1. The summed E-state index contributed by atoms with van der Waals surface area (Å²) in [5.41, 5.74) is 5.71. The van der Waals surface area contributed by atoms with Gasteiger partial charge >= 0.3 is 0 Å². The minimum absolute atomic E-state index is 0.137. The topological polar surface area (TPSA) is 55.1 Å². The van der Waals surface area contributed by atoms with Gasteiger partial charge in [-0.1, -0.05) is 20.8 Å². The molecule has 0 heterocycles. The van der Waals surface area contributed by atoms with Crippen LogP contribution in [0.3, 0.4) is 0 Å². The van der Waals surface area contributed by atoms with Gasteiger partial charge in [-0.2, -0.15) is 0 Å². The Balaban J connectivity index is 3.37. The first-order valence-electron chi connectivity index (χ1n) is 5.08. The molecule has 0 spiro atoms. The third kappa shape index (κ3) is 7.78. The van der Waals surface area contributed by atoms with Crippen molar-refractivity contribution in [3.05, 3.63) is 0 Å². The molecule has 0 aliphatic carbocycles. The van der Waals surface area contributed by atoms with E-state index in [-0.39, 0.29) is 11.9 Å². The number of amides is 1. The number of rotatable bonds is 6. The van der Waals surface area contributed by atoms with Crippen molar-refractivity contribution in [2.24, 2.45) is 11.7 Å². The smallest absolute Gasteiger partial charge is 0.220 e. The Labute approximate surface area is 81.1 Å². The Morgan fingerprint density at radius 2 is 2.08 bits per heavy atom. The van der Waals surface area contributed by atoms with Crippen molar-refractivity contribution in [3.63, 3.8) is 0 Å². The summed E-state index contributed by atoms with van der Waals surface area (Å²) in [5.74, 6) is 0.568. The second-order valence-electron chi connectivity index (χ2n) is 3.90. The normalized spacial score (nSPS) is 13.0. The van der Waals surface area contributed by atoms with Crippen LogP contribution in [0.15, 0.2) is 0 Å². The fourth-order valence-electron chi connectivity index (χ4n) is 1.04. The predicted octanol–water partition coefficient (Wildman–Crippen LogP) is 1.28. The molecule has 0 saturated heterocycles. The summed E-state index contributed by atoms with van der Waals surface area (Å²) in [5, 5.41) is 2.86. The fourth-order valence-corrected chi connectivity index (χ4v) is 1.04. The van der Waals surface area contributed by atoms with E-state index in [0.29, 0.717) is 18.9 Å². The average molecular weight is 186 g/mol. The van der Waals surface area contributed by atoms with Gasteiger partial charge in [0, 0.05) is 19.0 Å².